The van der Waals surface area contributed by atoms with Gasteiger partial charge in [-0.2, -0.15) is 18.2 Å². The molecule has 0 amide bonds. The minimum absolute atomic E-state index is 0.256. The monoisotopic (exact) mass is 307 g/mol. The predicted octanol–water partition coefficient (Wildman–Crippen LogP) is 4.25. The van der Waals surface area contributed by atoms with Crippen molar-refractivity contribution in [3.63, 3.8) is 0 Å². The Morgan fingerprint density at radius 1 is 1.24 bits per heavy atom. The lowest BCUT2D eigenvalue weighted by molar-refractivity contribution is -0.138. The normalized spacial score (nSPS) is 11.5. The van der Waals surface area contributed by atoms with Crippen LogP contribution in [-0.4, -0.2) is 4.98 Å². The van der Waals surface area contributed by atoms with Crippen LogP contribution >= 0.6 is 15.9 Å². The summed E-state index contributed by atoms with van der Waals surface area (Å²) < 4.78 is 47.9. The van der Waals surface area contributed by atoms with Crippen LogP contribution in [0.4, 0.5) is 13.2 Å². The lowest BCUT2D eigenvalue weighted by atomic mass is 10.2. The molecule has 7 heteroatoms. The van der Waals surface area contributed by atoms with E-state index in [0.717, 1.165) is 6.07 Å². The number of alkyl halides is 3. The molecule has 1 aromatic heterocycles. The molecule has 2 rings (SSSR count). The van der Waals surface area contributed by atoms with E-state index in [1.54, 1.807) is 0 Å². The molecule has 3 nitrogen and oxygen atoms in total. The smallest absolute Gasteiger partial charge is 0.416 e. The van der Waals surface area contributed by atoms with Crippen molar-refractivity contribution >= 4 is 15.9 Å². The Bertz CT molecular complexity index is 524. The van der Waals surface area contributed by atoms with Crippen molar-refractivity contribution in [2.75, 3.05) is 0 Å². The van der Waals surface area contributed by atoms with Gasteiger partial charge in [-0.15, -0.1) is 0 Å². The number of nitrogens with zero attached hydrogens (tertiary/aromatic N) is 1. The molecule has 1 heterocycles. The van der Waals surface area contributed by atoms with E-state index in [0.29, 0.717) is 4.60 Å². The van der Waals surface area contributed by atoms with Crippen LogP contribution < -0.4 is 4.74 Å². The van der Waals surface area contributed by atoms with Crippen LogP contribution in [0.5, 0.6) is 11.8 Å². The van der Waals surface area contributed by atoms with Gasteiger partial charge >= 0.3 is 12.3 Å². The second kappa shape index (κ2) is 4.40. The minimum Gasteiger partial charge on any atom is -0.416 e. The Kier molecular flexibility index (Phi) is 3.10. The van der Waals surface area contributed by atoms with Gasteiger partial charge in [0, 0.05) is 0 Å². The second-order valence-corrected chi connectivity index (χ2v) is 3.84. The zero-order chi connectivity index (χ0) is 12.5. The predicted molar refractivity (Wildman–Crippen MR) is 55.7 cm³/mol. The van der Waals surface area contributed by atoms with Gasteiger partial charge in [0.25, 0.3) is 0 Å². The zero-order valence-corrected chi connectivity index (χ0v) is 9.75. The summed E-state index contributed by atoms with van der Waals surface area (Å²) in [6.45, 7) is 0. The van der Waals surface area contributed by atoms with Crippen molar-refractivity contribution in [2.45, 2.75) is 6.18 Å². The largest absolute Gasteiger partial charge is 0.419 e. The van der Waals surface area contributed by atoms with Crippen molar-refractivity contribution < 1.29 is 22.3 Å². The number of aromatic nitrogens is 1. The van der Waals surface area contributed by atoms with Gasteiger partial charge in [-0.3, -0.25) is 0 Å². The molecule has 90 valence electrons. The van der Waals surface area contributed by atoms with E-state index in [-0.39, 0.29) is 11.8 Å². The number of oxazole rings is 1. The molecule has 0 atom stereocenters. The Hall–Kier alpha value is -1.50. The quantitative estimate of drug-likeness (QED) is 0.832. The molecule has 0 aliphatic heterocycles. The Morgan fingerprint density at radius 2 is 1.94 bits per heavy atom. The van der Waals surface area contributed by atoms with Crippen molar-refractivity contribution in [1.82, 2.24) is 4.98 Å². The molecule has 0 saturated carbocycles. The van der Waals surface area contributed by atoms with Crippen LogP contribution in [0.3, 0.4) is 0 Å². The number of halogens is 4. The fourth-order valence-corrected chi connectivity index (χ4v) is 1.41. The van der Waals surface area contributed by atoms with Crippen molar-refractivity contribution in [3.8, 4) is 11.8 Å². The van der Waals surface area contributed by atoms with Crippen molar-refractivity contribution in [1.29, 1.82) is 0 Å². The fourth-order valence-electron chi connectivity index (χ4n) is 1.17. The Balaban J connectivity index is 2.33. The first kappa shape index (κ1) is 12.0. The standard InChI is InChI=1S/C10H5BrF3NO2/c11-8-5-16-9(15-8)17-7-4-2-1-3-6(7)10(12,13)14/h1-5H. The Morgan fingerprint density at radius 3 is 2.53 bits per heavy atom. The first-order valence-electron chi connectivity index (χ1n) is 4.42. The number of ether oxygens (including phenoxy) is 1. The van der Waals surface area contributed by atoms with Crippen LogP contribution in [0.25, 0.3) is 0 Å². The molecule has 1 aromatic carbocycles. The van der Waals surface area contributed by atoms with Crippen molar-refractivity contribution in [2.24, 2.45) is 0 Å². The third kappa shape index (κ3) is 2.79. The van der Waals surface area contributed by atoms with Gasteiger partial charge in [-0.05, 0) is 28.1 Å². The van der Waals surface area contributed by atoms with Gasteiger partial charge in [-0.1, -0.05) is 12.1 Å². The van der Waals surface area contributed by atoms with Gasteiger partial charge in [0.05, 0.1) is 5.56 Å². The average molecular weight is 308 g/mol. The van der Waals surface area contributed by atoms with Gasteiger partial charge in [0.15, 0.2) is 0 Å². The van der Waals surface area contributed by atoms with Crippen molar-refractivity contribution in [3.05, 3.63) is 40.7 Å². The zero-order valence-electron chi connectivity index (χ0n) is 8.16. The number of benzene rings is 1. The maximum atomic E-state index is 12.6. The van der Waals surface area contributed by atoms with Gasteiger partial charge in [0.2, 0.25) is 0 Å². The van der Waals surface area contributed by atoms with Crippen LogP contribution in [0.2, 0.25) is 0 Å². The second-order valence-electron chi connectivity index (χ2n) is 3.03. The van der Waals surface area contributed by atoms with E-state index < -0.39 is 11.7 Å². The summed E-state index contributed by atoms with van der Waals surface area (Å²) in [5.74, 6) is -0.352. The molecule has 0 aliphatic rings. The average Bonchev–Trinajstić information content (AvgIpc) is 2.63. The van der Waals surface area contributed by atoms with E-state index >= 15 is 0 Å². The molecule has 0 fully saturated rings. The van der Waals surface area contributed by atoms with Crippen LogP contribution in [-0.2, 0) is 6.18 Å². The first-order chi connectivity index (χ1) is 7.97. The molecule has 0 spiro atoms. The minimum atomic E-state index is -4.49. The highest BCUT2D eigenvalue weighted by Gasteiger charge is 2.34. The number of hydrogen-bond donors (Lipinski definition) is 0. The summed E-state index contributed by atoms with van der Waals surface area (Å²) in [5.41, 5.74) is -0.880. The molecule has 2 aromatic rings. The molecule has 0 radical (unpaired) electrons. The van der Waals surface area contributed by atoms with E-state index in [1.165, 1.54) is 24.5 Å². The summed E-state index contributed by atoms with van der Waals surface area (Å²) in [6, 6.07) is 4.83. The van der Waals surface area contributed by atoms with Gasteiger partial charge < -0.3 is 9.15 Å². The lowest BCUT2D eigenvalue weighted by Gasteiger charge is -2.10. The molecule has 17 heavy (non-hydrogen) atoms. The highest BCUT2D eigenvalue weighted by Crippen LogP contribution is 2.37. The summed E-state index contributed by atoms with van der Waals surface area (Å²) in [7, 11) is 0. The van der Waals surface area contributed by atoms with Gasteiger partial charge in [-0.25, -0.2) is 0 Å². The molecule has 0 unspecified atom stereocenters. The molecule has 0 bridgehead atoms. The molecule has 0 aliphatic carbocycles. The summed E-state index contributed by atoms with van der Waals surface area (Å²) >= 11 is 3.00. The number of rotatable bonds is 2. The number of hydrogen-bond acceptors (Lipinski definition) is 3. The molecular weight excluding hydrogens is 303 g/mol. The lowest BCUT2D eigenvalue weighted by Crippen LogP contribution is -2.06. The number of para-hydroxylation sites is 1. The van der Waals surface area contributed by atoms with Crippen LogP contribution in [0.1, 0.15) is 5.56 Å². The summed E-state index contributed by atoms with van der Waals surface area (Å²) in [4.78, 5) is 3.69. The summed E-state index contributed by atoms with van der Waals surface area (Å²) in [6.07, 6.45) is -3.53. The maximum Gasteiger partial charge on any atom is 0.419 e. The van der Waals surface area contributed by atoms with E-state index in [9.17, 15) is 13.2 Å². The van der Waals surface area contributed by atoms with E-state index in [1.807, 2.05) is 0 Å². The first-order valence-corrected chi connectivity index (χ1v) is 5.21. The van der Waals surface area contributed by atoms with Crippen LogP contribution in [0.15, 0.2) is 39.5 Å². The SMILES string of the molecule is FC(F)(F)c1ccccc1Oc1nc(Br)co1. The molecule has 0 saturated heterocycles. The fraction of sp³-hybridized carbons (Fsp3) is 0.100. The van der Waals surface area contributed by atoms with E-state index in [2.05, 4.69) is 20.9 Å². The van der Waals surface area contributed by atoms with Gasteiger partial charge in [0.1, 0.15) is 16.6 Å². The van der Waals surface area contributed by atoms with E-state index in [4.69, 9.17) is 9.15 Å². The molecular formula is C10H5BrF3NO2. The molecule has 0 N–H and O–H groups in total. The third-order valence-electron chi connectivity index (χ3n) is 1.84. The Labute approximate surface area is 102 Å². The third-order valence-corrected chi connectivity index (χ3v) is 2.21. The summed E-state index contributed by atoms with van der Waals surface area (Å²) in [5, 5.41) is 0. The highest BCUT2D eigenvalue weighted by atomic mass is 79.9. The van der Waals surface area contributed by atoms with Crippen LogP contribution in [0, 0.1) is 0 Å². The maximum absolute atomic E-state index is 12.6. The highest BCUT2D eigenvalue weighted by molar-refractivity contribution is 9.10. The topological polar surface area (TPSA) is 35.3 Å².